The second-order valence-electron chi connectivity index (χ2n) is 13.1. The topological polar surface area (TPSA) is 56.0 Å². The second kappa shape index (κ2) is 12.0. The Balaban J connectivity index is 1.15. The lowest BCUT2D eigenvalue weighted by molar-refractivity contribution is 0.263. The summed E-state index contributed by atoms with van der Waals surface area (Å²) in [6.07, 6.45) is 3.07. The third kappa shape index (κ3) is 6.56. The fourth-order valence-electron chi connectivity index (χ4n) is 6.01. The molecular weight excluding hydrogens is 548 g/mol. The van der Waals surface area contributed by atoms with Crippen LogP contribution in [0.3, 0.4) is 0 Å². The maximum atomic E-state index is 5.96. The molecule has 4 atom stereocenters. The first-order valence-electron chi connectivity index (χ1n) is 15.9. The van der Waals surface area contributed by atoms with Gasteiger partial charge in [0.2, 0.25) is 0 Å². The predicted molar refractivity (Wildman–Crippen MR) is 172 cm³/mol. The van der Waals surface area contributed by atoms with Crippen molar-refractivity contribution < 1.29 is 23.7 Å². The van der Waals surface area contributed by atoms with Gasteiger partial charge in [-0.2, -0.15) is 0 Å². The van der Waals surface area contributed by atoms with E-state index in [-0.39, 0.29) is 23.0 Å². The SMILES string of the molecule is CC(C)(c1ccc(OCC2CO2)cc1)c1ccc(C(C)(c2ccc(CCC3CO3)cc2)c2ccc(OCC3CO3)cc2)cc1. The Labute approximate surface area is 261 Å². The van der Waals surface area contributed by atoms with Crippen LogP contribution in [0.1, 0.15) is 60.6 Å². The normalized spacial score (nSPS) is 21.8. The number of hydrogen-bond donors (Lipinski definition) is 0. The van der Waals surface area contributed by atoms with Gasteiger partial charge in [0.05, 0.1) is 25.9 Å². The van der Waals surface area contributed by atoms with Crippen molar-refractivity contribution >= 4 is 0 Å². The van der Waals surface area contributed by atoms with Gasteiger partial charge in [0.25, 0.3) is 0 Å². The van der Waals surface area contributed by atoms with Crippen molar-refractivity contribution in [2.45, 2.75) is 62.8 Å². The monoisotopic (exact) mass is 590 g/mol. The highest BCUT2D eigenvalue weighted by Gasteiger charge is 2.33. The van der Waals surface area contributed by atoms with E-state index in [0.717, 1.165) is 44.2 Å². The average Bonchev–Trinajstić information content (AvgIpc) is 3.91. The molecule has 0 amide bonds. The van der Waals surface area contributed by atoms with E-state index in [9.17, 15) is 0 Å². The molecular formula is C39H42O5. The summed E-state index contributed by atoms with van der Waals surface area (Å²) in [5, 5.41) is 0. The van der Waals surface area contributed by atoms with Crippen molar-refractivity contribution in [2.24, 2.45) is 0 Å². The van der Waals surface area contributed by atoms with Gasteiger partial charge in [-0.15, -0.1) is 0 Å². The van der Waals surface area contributed by atoms with Crippen LogP contribution in [0.4, 0.5) is 0 Å². The first-order valence-corrected chi connectivity index (χ1v) is 15.9. The standard InChI is InChI=1S/C39H42O5/c1-38(2,29-13-18-33(19-14-29)40-23-36-25-43-36)28-9-11-31(12-10-28)39(3,30-7-4-27(5-8-30)6-17-35-22-42-35)32-15-20-34(21-16-32)41-24-37-26-44-37/h4-5,7-16,18-21,35-37H,6,17,22-26H2,1-3H3. The van der Waals surface area contributed by atoms with E-state index in [1.165, 1.54) is 33.4 Å². The molecule has 3 fully saturated rings. The van der Waals surface area contributed by atoms with Crippen molar-refractivity contribution in [3.8, 4) is 11.5 Å². The van der Waals surface area contributed by atoms with Crippen molar-refractivity contribution in [1.29, 1.82) is 0 Å². The van der Waals surface area contributed by atoms with Crippen LogP contribution in [0.5, 0.6) is 11.5 Å². The van der Waals surface area contributed by atoms with Crippen LogP contribution in [0.25, 0.3) is 0 Å². The molecule has 4 aromatic rings. The molecule has 0 N–H and O–H groups in total. The van der Waals surface area contributed by atoms with Gasteiger partial charge in [0, 0.05) is 10.8 Å². The van der Waals surface area contributed by atoms with Gasteiger partial charge >= 0.3 is 0 Å². The molecule has 7 rings (SSSR count). The minimum atomic E-state index is -0.344. The molecule has 3 saturated heterocycles. The molecule has 0 radical (unpaired) electrons. The van der Waals surface area contributed by atoms with Crippen LogP contribution in [0.2, 0.25) is 0 Å². The quantitative estimate of drug-likeness (QED) is 0.114. The van der Waals surface area contributed by atoms with E-state index in [1.54, 1.807) is 0 Å². The lowest BCUT2D eigenvalue weighted by Gasteiger charge is -2.33. The molecule has 4 aromatic carbocycles. The largest absolute Gasteiger partial charge is 0.491 e. The van der Waals surface area contributed by atoms with Crippen LogP contribution >= 0.6 is 0 Å². The number of aryl methyl sites for hydroxylation is 1. The summed E-state index contributed by atoms with van der Waals surface area (Å²) in [7, 11) is 0. The van der Waals surface area contributed by atoms with Crippen molar-refractivity contribution in [2.75, 3.05) is 33.0 Å². The van der Waals surface area contributed by atoms with Crippen LogP contribution in [-0.2, 0) is 31.5 Å². The van der Waals surface area contributed by atoms with E-state index >= 15 is 0 Å². The van der Waals surface area contributed by atoms with E-state index in [2.05, 4.69) is 118 Å². The smallest absolute Gasteiger partial charge is 0.119 e. The van der Waals surface area contributed by atoms with Crippen molar-refractivity contribution in [3.05, 3.63) is 130 Å². The Kier molecular flexibility index (Phi) is 7.96. The molecule has 5 heteroatoms. The number of ether oxygens (including phenoxy) is 5. The number of benzene rings is 4. The van der Waals surface area contributed by atoms with Gasteiger partial charge in [-0.3, -0.25) is 0 Å². The lowest BCUT2D eigenvalue weighted by Crippen LogP contribution is -2.26. The first-order chi connectivity index (χ1) is 21.4. The summed E-state index contributed by atoms with van der Waals surface area (Å²) in [5.41, 5.74) is 7.12. The average molecular weight is 591 g/mol. The highest BCUT2D eigenvalue weighted by Crippen LogP contribution is 2.41. The molecule has 44 heavy (non-hydrogen) atoms. The zero-order valence-electron chi connectivity index (χ0n) is 26.0. The molecule has 5 nitrogen and oxygen atoms in total. The third-order valence-electron chi connectivity index (χ3n) is 9.56. The highest BCUT2D eigenvalue weighted by molar-refractivity contribution is 5.52. The summed E-state index contributed by atoms with van der Waals surface area (Å²) in [4.78, 5) is 0. The van der Waals surface area contributed by atoms with Gasteiger partial charge in [-0.05, 0) is 77.4 Å². The summed E-state index contributed by atoms with van der Waals surface area (Å²) in [5.74, 6) is 1.76. The number of hydrogen-bond acceptors (Lipinski definition) is 5. The molecule has 3 aliphatic heterocycles. The van der Waals surface area contributed by atoms with Crippen LogP contribution in [0.15, 0.2) is 97.1 Å². The van der Waals surface area contributed by atoms with Gasteiger partial charge < -0.3 is 23.7 Å². The lowest BCUT2D eigenvalue weighted by atomic mass is 9.70. The van der Waals surface area contributed by atoms with E-state index < -0.39 is 0 Å². The summed E-state index contributed by atoms with van der Waals surface area (Å²) < 4.78 is 27.8. The second-order valence-corrected chi connectivity index (χ2v) is 13.1. The van der Waals surface area contributed by atoms with Gasteiger partial charge in [0.15, 0.2) is 0 Å². The van der Waals surface area contributed by atoms with E-state index in [1.807, 2.05) is 0 Å². The Morgan fingerprint density at radius 1 is 0.523 bits per heavy atom. The van der Waals surface area contributed by atoms with E-state index in [0.29, 0.717) is 19.3 Å². The maximum Gasteiger partial charge on any atom is 0.119 e. The van der Waals surface area contributed by atoms with Crippen LogP contribution in [0, 0.1) is 0 Å². The van der Waals surface area contributed by atoms with Crippen molar-refractivity contribution in [3.63, 3.8) is 0 Å². The fraction of sp³-hybridized carbons (Fsp3) is 0.385. The Morgan fingerprint density at radius 3 is 1.32 bits per heavy atom. The van der Waals surface area contributed by atoms with Gasteiger partial charge in [0.1, 0.15) is 36.9 Å². The Hall–Kier alpha value is -3.64. The van der Waals surface area contributed by atoms with E-state index in [4.69, 9.17) is 23.7 Å². The zero-order valence-corrected chi connectivity index (χ0v) is 26.0. The molecule has 3 heterocycles. The molecule has 0 bridgehead atoms. The molecule has 3 aliphatic rings. The number of rotatable bonds is 14. The minimum absolute atomic E-state index is 0.162. The van der Waals surface area contributed by atoms with Crippen molar-refractivity contribution in [1.82, 2.24) is 0 Å². The molecule has 0 spiro atoms. The Bertz CT molecular complexity index is 1470. The summed E-state index contributed by atoms with van der Waals surface area (Å²) in [6, 6.07) is 35.4. The summed E-state index contributed by atoms with van der Waals surface area (Å²) >= 11 is 0. The van der Waals surface area contributed by atoms with Crippen LogP contribution < -0.4 is 9.47 Å². The molecule has 228 valence electrons. The predicted octanol–water partition coefficient (Wildman–Crippen LogP) is 7.25. The highest BCUT2D eigenvalue weighted by atomic mass is 16.6. The van der Waals surface area contributed by atoms with Crippen LogP contribution in [-0.4, -0.2) is 51.3 Å². The fourth-order valence-corrected chi connectivity index (χ4v) is 6.01. The van der Waals surface area contributed by atoms with Gasteiger partial charge in [-0.25, -0.2) is 0 Å². The van der Waals surface area contributed by atoms with Gasteiger partial charge in [-0.1, -0.05) is 86.6 Å². The molecule has 0 aromatic heterocycles. The Morgan fingerprint density at radius 2 is 0.886 bits per heavy atom. The third-order valence-corrected chi connectivity index (χ3v) is 9.56. The molecule has 0 aliphatic carbocycles. The maximum absolute atomic E-state index is 5.96. The molecule has 0 saturated carbocycles. The number of epoxide rings is 3. The minimum Gasteiger partial charge on any atom is -0.491 e. The first kappa shape index (κ1) is 29.1. The molecule has 4 unspecified atom stereocenters. The zero-order chi connectivity index (χ0) is 30.1. The summed E-state index contributed by atoms with van der Waals surface area (Å²) in [6.45, 7) is 10.6.